The largest absolute Gasteiger partial charge is 0.377 e. The van der Waals surface area contributed by atoms with Gasteiger partial charge in [0.05, 0.1) is 79.2 Å². The van der Waals surface area contributed by atoms with Crippen LogP contribution in [0.3, 0.4) is 0 Å². The molecular formula is C30H49N2O7S+. The van der Waals surface area contributed by atoms with Crippen LogP contribution < -0.4 is 4.90 Å². The zero-order valence-electron chi connectivity index (χ0n) is 24.7. The second-order valence-corrected chi connectivity index (χ2v) is 12.2. The Kier molecular flexibility index (Phi) is 15.7. The van der Waals surface area contributed by atoms with E-state index >= 15 is 0 Å². The molecule has 0 atom stereocenters. The van der Waals surface area contributed by atoms with Gasteiger partial charge in [-0.3, -0.25) is 4.55 Å². The predicted molar refractivity (Wildman–Crippen MR) is 160 cm³/mol. The zero-order valence-corrected chi connectivity index (χ0v) is 25.5. The van der Waals surface area contributed by atoms with Crippen molar-refractivity contribution in [3.8, 4) is 0 Å². The van der Waals surface area contributed by atoms with E-state index in [9.17, 15) is 8.42 Å². The molecule has 0 bridgehead atoms. The number of aryl methyl sites for hydroxylation is 2. The number of hydrogen-bond acceptors (Lipinski definition) is 7. The summed E-state index contributed by atoms with van der Waals surface area (Å²) in [4.78, 5) is 2.35. The van der Waals surface area contributed by atoms with E-state index in [0.717, 1.165) is 19.6 Å². The maximum atomic E-state index is 10.8. The van der Waals surface area contributed by atoms with Gasteiger partial charge >= 0.3 is 0 Å². The van der Waals surface area contributed by atoms with Gasteiger partial charge in [-0.1, -0.05) is 36.4 Å². The van der Waals surface area contributed by atoms with Gasteiger partial charge in [0.15, 0.2) is 0 Å². The van der Waals surface area contributed by atoms with Crippen LogP contribution in [-0.4, -0.2) is 110 Å². The fraction of sp³-hybridized carbons (Fsp3) is 0.600. The molecule has 0 spiro atoms. The molecule has 0 heterocycles. The number of benzene rings is 2. The fourth-order valence-electron chi connectivity index (χ4n) is 4.06. The number of hydrogen-bond donors (Lipinski definition) is 1. The van der Waals surface area contributed by atoms with Gasteiger partial charge in [-0.15, -0.1) is 0 Å². The normalized spacial score (nSPS) is 12.1. The number of quaternary nitrogens is 1. The minimum atomic E-state index is -3.90. The summed E-state index contributed by atoms with van der Waals surface area (Å²) in [6.07, 6.45) is 0.417. The van der Waals surface area contributed by atoms with Gasteiger partial charge in [0.2, 0.25) is 0 Å². The molecule has 0 saturated heterocycles. The van der Waals surface area contributed by atoms with E-state index in [1.54, 1.807) is 0 Å². The standard InChI is InChI=1S/C30H48N2O7S/c1-27-11-12-30(25-28(27)2)31(26-29-9-6-5-7-10-29)13-16-36-18-20-38-22-23-39-21-19-37-17-15-32(3,4)14-8-24-40(33,34)35/h5-7,9-12,25H,8,13-24,26H2,1-4H3/p+1. The van der Waals surface area contributed by atoms with E-state index in [0.29, 0.717) is 70.3 Å². The van der Waals surface area contributed by atoms with Gasteiger partial charge in [0.25, 0.3) is 10.1 Å². The van der Waals surface area contributed by atoms with Gasteiger partial charge in [-0.05, 0) is 42.7 Å². The van der Waals surface area contributed by atoms with Crippen LogP contribution in [0.4, 0.5) is 5.69 Å². The molecule has 10 heteroatoms. The molecule has 226 valence electrons. The monoisotopic (exact) mass is 581 g/mol. The lowest BCUT2D eigenvalue weighted by Gasteiger charge is -2.29. The quantitative estimate of drug-likeness (QED) is 0.128. The average molecular weight is 582 g/mol. The molecule has 0 aliphatic heterocycles. The molecule has 0 unspecified atom stereocenters. The van der Waals surface area contributed by atoms with Crippen molar-refractivity contribution in [1.29, 1.82) is 0 Å². The first-order chi connectivity index (χ1) is 19.1. The lowest BCUT2D eigenvalue weighted by molar-refractivity contribution is -0.890. The van der Waals surface area contributed by atoms with E-state index in [2.05, 4.69) is 61.2 Å². The number of anilines is 1. The molecule has 0 radical (unpaired) electrons. The van der Waals surface area contributed by atoms with Crippen molar-refractivity contribution in [3.05, 3.63) is 65.2 Å². The summed E-state index contributed by atoms with van der Waals surface area (Å²) in [5.74, 6) is -0.210. The lowest BCUT2D eigenvalue weighted by Crippen LogP contribution is -2.43. The Labute approximate surface area is 241 Å². The molecule has 1 N–H and O–H groups in total. The summed E-state index contributed by atoms with van der Waals surface area (Å²) in [5, 5.41) is 0. The third-order valence-corrected chi connectivity index (χ3v) is 7.50. The molecule has 0 aromatic heterocycles. The van der Waals surface area contributed by atoms with Crippen LogP contribution in [0, 0.1) is 13.8 Å². The summed E-state index contributed by atoms with van der Waals surface area (Å²) in [7, 11) is 0.124. The first-order valence-electron chi connectivity index (χ1n) is 14.0. The molecule has 9 nitrogen and oxygen atoms in total. The highest BCUT2D eigenvalue weighted by Gasteiger charge is 2.16. The van der Waals surface area contributed by atoms with Crippen molar-refractivity contribution in [2.75, 3.05) is 97.2 Å². The summed E-state index contributed by atoms with van der Waals surface area (Å²) >= 11 is 0. The van der Waals surface area contributed by atoms with E-state index in [1.165, 1.54) is 22.4 Å². The van der Waals surface area contributed by atoms with Gasteiger partial charge in [-0.25, -0.2) is 0 Å². The Morgan fingerprint density at radius 1 is 0.750 bits per heavy atom. The van der Waals surface area contributed by atoms with Crippen molar-refractivity contribution in [1.82, 2.24) is 0 Å². The number of likely N-dealkylation sites (N-methyl/N-ethyl adjacent to an activating group) is 1. The Morgan fingerprint density at radius 3 is 1.90 bits per heavy atom. The second-order valence-electron chi connectivity index (χ2n) is 10.6. The van der Waals surface area contributed by atoms with Crippen molar-refractivity contribution in [3.63, 3.8) is 0 Å². The van der Waals surface area contributed by atoms with Gasteiger partial charge in [0, 0.05) is 25.2 Å². The first kappa shape index (κ1) is 34.2. The smallest absolute Gasteiger partial charge is 0.265 e. The van der Waals surface area contributed by atoms with Crippen LogP contribution >= 0.6 is 0 Å². The maximum absolute atomic E-state index is 10.8. The van der Waals surface area contributed by atoms with Crippen molar-refractivity contribution < 1.29 is 36.4 Å². The summed E-state index contributed by atoms with van der Waals surface area (Å²) < 4.78 is 53.8. The van der Waals surface area contributed by atoms with Gasteiger partial charge in [-0.2, -0.15) is 8.42 Å². The SMILES string of the molecule is Cc1ccc(N(CCOCCOCCOCCOCC[N+](C)(C)CCCS(=O)(=O)O)Cc2ccccc2)cc1C. The third-order valence-electron chi connectivity index (χ3n) is 6.70. The second kappa shape index (κ2) is 18.4. The Hall–Kier alpha value is -2.05. The molecule has 0 fully saturated rings. The summed E-state index contributed by atoms with van der Waals surface area (Å²) in [6.45, 7) is 11.5. The van der Waals surface area contributed by atoms with Crippen molar-refractivity contribution in [2.45, 2.75) is 26.8 Å². The Bertz CT molecular complexity index is 1060. The van der Waals surface area contributed by atoms with Crippen LogP contribution in [0.15, 0.2) is 48.5 Å². The van der Waals surface area contributed by atoms with E-state index in [-0.39, 0.29) is 5.75 Å². The molecule has 0 aliphatic rings. The van der Waals surface area contributed by atoms with Gasteiger partial charge in [0.1, 0.15) is 6.54 Å². The number of ether oxygens (including phenoxy) is 4. The van der Waals surface area contributed by atoms with Crippen LogP contribution in [0.25, 0.3) is 0 Å². The topological polar surface area (TPSA) is 94.5 Å². The highest BCUT2D eigenvalue weighted by Crippen LogP contribution is 2.21. The maximum Gasteiger partial charge on any atom is 0.265 e. The predicted octanol–water partition coefficient (Wildman–Crippen LogP) is 3.73. The van der Waals surface area contributed by atoms with E-state index < -0.39 is 10.1 Å². The number of nitrogens with zero attached hydrogens (tertiary/aromatic N) is 2. The minimum absolute atomic E-state index is 0.210. The summed E-state index contributed by atoms with van der Waals surface area (Å²) in [6, 6.07) is 17.1. The zero-order chi connectivity index (χ0) is 29.3. The average Bonchev–Trinajstić information content (AvgIpc) is 2.89. The fourth-order valence-corrected chi connectivity index (χ4v) is 4.55. The van der Waals surface area contributed by atoms with Crippen molar-refractivity contribution >= 4 is 15.8 Å². The summed E-state index contributed by atoms with van der Waals surface area (Å²) in [5.41, 5.74) is 5.05. The van der Waals surface area contributed by atoms with Crippen LogP contribution in [0.5, 0.6) is 0 Å². The van der Waals surface area contributed by atoms with Crippen LogP contribution in [0.1, 0.15) is 23.1 Å². The van der Waals surface area contributed by atoms with Crippen LogP contribution in [0.2, 0.25) is 0 Å². The van der Waals surface area contributed by atoms with Gasteiger partial charge < -0.3 is 28.3 Å². The molecular weight excluding hydrogens is 532 g/mol. The minimum Gasteiger partial charge on any atom is -0.377 e. The highest BCUT2D eigenvalue weighted by atomic mass is 32.2. The lowest BCUT2D eigenvalue weighted by atomic mass is 10.1. The molecule has 2 rings (SSSR count). The third kappa shape index (κ3) is 15.7. The molecule has 2 aromatic rings. The first-order valence-corrected chi connectivity index (χ1v) is 15.6. The molecule has 2 aromatic carbocycles. The molecule has 40 heavy (non-hydrogen) atoms. The highest BCUT2D eigenvalue weighted by molar-refractivity contribution is 7.85. The van der Waals surface area contributed by atoms with Crippen LogP contribution in [-0.2, 0) is 35.6 Å². The van der Waals surface area contributed by atoms with E-state index in [4.69, 9.17) is 23.5 Å². The Morgan fingerprint density at radius 2 is 1.32 bits per heavy atom. The van der Waals surface area contributed by atoms with E-state index in [1.807, 2.05) is 20.2 Å². The Balaban J connectivity index is 1.50. The molecule has 0 amide bonds. The number of rotatable bonds is 22. The molecule has 0 saturated carbocycles. The molecule has 0 aliphatic carbocycles. The van der Waals surface area contributed by atoms with Crippen molar-refractivity contribution in [2.24, 2.45) is 0 Å².